The lowest BCUT2D eigenvalue weighted by atomic mass is 9.89. The second-order valence-electron chi connectivity index (χ2n) is 8.25. The number of ether oxygens (including phenoxy) is 1. The first kappa shape index (κ1) is 24.8. The minimum Gasteiger partial charge on any atom is -0.468 e. The number of piperidine rings is 1. The van der Waals surface area contributed by atoms with E-state index < -0.39 is 0 Å². The highest BCUT2D eigenvalue weighted by Gasteiger charge is 2.30. The van der Waals surface area contributed by atoms with E-state index in [1.54, 1.807) is 30.2 Å². The van der Waals surface area contributed by atoms with Gasteiger partial charge < -0.3 is 14.4 Å². The first-order valence-electron chi connectivity index (χ1n) is 10.9. The number of esters is 1. The lowest BCUT2D eigenvalue weighted by Crippen LogP contribution is -2.42. The summed E-state index contributed by atoms with van der Waals surface area (Å²) < 4.78 is 18.2. The number of hydrogen-bond donors (Lipinski definition) is 0. The molecule has 0 bridgehead atoms. The van der Waals surface area contributed by atoms with E-state index in [4.69, 9.17) is 9.72 Å². The molecule has 1 amide bonds. The zero-order valence-corrected chi connectivity index (χ0v) is 19.9. The molecule has 7 nitrogen and oxygen atoms in total. The second-order valence-corrected chi connectivity index (χ2v) is 9.20. The zero-order chi connectivity index (χ0) is 24.0. The summed E-state index contributed by atoms with van der Waals surface area (Å²) in [6.45, 7) is 4.39. The Kier molecular flexibility index (Phi) is 8.55. The number of rotatable bonds is 8. The number of aromatic nitrogens is 2. The summed E-state index contributed by atoms with van der Waals surface area (Å²) in [7, 11) is 1.33. The molecule has 0 unspecified atom stereocenters. The largest absolute Gasteiger partial charge is 0.468 e. The average Bonchev–Trinajstić information content (AvgIpc) is 2.82. The molecule has 176 valence electrons. The molecule has 0 N–H and O–H groups in total. The fourth-order valence-electron chi connectivity index (χ4n) is 4.02. The van der Waals surface area contributed by atoms with Crippen LogP contribution < -0.4 is 0 Å². The summed E-state index contributed by atoms with van der Waals surface area (Å²) in [4.78, 5) is 46.9. The van der Waals surface area contributed by atoms with Crippen LogP contribution >= 0.6 is 11.8 Å². The van der Waals surface area contributed by atoms with Crippen molar-refractivity contribution in [2.24, 2.45) is 5.92 Å². The lowest BCUT2D eigenvalue weighted by molar-refractivity contribution is -0.138. The zero-order valence-electron chi connectivity index (χ0n) is 19.0. The molecule has 1 aromatic carbocycles. The van der Waals surface area contributed by atoms with Crippen LogP contribution in [0.2, 0.25) is 0 Å². The van der Waals surface area contributed by atoms with Gasteiger partial charge in [0.15, 0.2) is 5.16 Å². The van der Waals surface area contributed by atoms with Crippen molar-refractivity contribution in [1.29, 1.82) is 0 Å². The van der Waals surface area contributed by atoms with Crippen LogP contribution in [0.1, 0.15) is 44.7 Å². The van der Waals surface area contributed by atoms with Crippen LogP contribution in [0.15, 0.2) is 35.6 Å². The fraction of sp³-hybridized carbons (Fsp3) is 0.458. The molecule has 2 atom stereocenters. The Balaban J connectivity index is 1.90. The maximum atomic E-state index is 13.5. The number of carbonyl (C=O) groups excluding carboxylic acids is 3. The van der Waals surface area contributed by atoms with E-state index >= 15 is 0 Å². The van der Waals surface area contributed by atoms with Crippen molar-refractivity contribution >= 4 is 29.4 Å². The first-order valence-corrected chi connectivity index (χ1v) is 11.9. The van der Waals surface area contributed by atoms with Gasteiger partial charge in [-0.05, 0) is 37.5 Å². The Morgan fingerprint density at radius 2 is 2.00 bits per heavy atom. The normalized spacial score (nSPS) is 16.8. The molecule has 1 fully saturated rings. The number of carbonyl (C=O) groups is 3. The maximum Gasteiger partial charge on any atom is 0.316 e. The second kappa shape index (κ2) is 11.4. The number of methoxy groups -OCH3 is 1. The molecule has 0 spiro atoms. The van der Waals surface area contributed by atoms with Crippen LogP contribution in [0, 0.1) is 11.7 Å². The first-order chi connectivity index (χ1) is 15.8. The van der Waals surface area contributed by atoms with Crippen LogP contribution in [-0.4, -0.2) is 58.5 Å². The SMILES string of the molecule is COC(=O)CSc1ncc(-c2ccc(F)cc2)c([C@@H]2CCCN(C(=O)[C@H](C)CC(C)=O)C2)n1. The van der Waals surface area contributed by atoms with E-state index in [-0.39, 0.29) is 47.5 Å². The smallest absolute Gasteiger partial charge is 0.316 e. The third-order valence-electron chi connectivity index (χ3n) is 5.63. The van der Waals surface area contributed by atoms with Crippen LogP contribution in [-0.2, 0) is 19.1 Å². The van der Waals surface area contributed by atoms with E-state index in [1.807, 2.05) is 0 Å². The third-order valence-corrected chi connectivity index (χ3v) is 6.47. The van der Waals surface area contributed by atoms with Crippen molar-refractivity contribution in [2.45, 2.75) is 44.2 Å². The van der Waals surface area contributed by atoms with Gasteiger partial charge in [-0.3, -0.25) is 9.59 Å². The molecule has 1 aromatic heterocycles. The monoisotopic (exact) mass is 473 g/mol. The Labute approximate surface area is 197 Å². The van der Waals surface area contributed by atoms with Gasteiger partial charge in [0.25, 0.3) is 0 Å². The standard InChI is InChI=1S/C24H28FN3O4S/c1-15(11-16(2)29)23(31)28-10-4-5-18(13-28)22-20(17-6-8-19(25)9-7-17)12-26-24(27-22)33-14-21(30)32-3/h6-9,12,15,18H,4-5,10-11,13-14H2,1-3H3/t15-,18-/m1/s1. The number of ketones is 1. The van der Waals surface area contributed by atoms with Crippen molar-refractivity contribution in [2.75, 3.05) is 26.0 Å². The van der Waals surface area contributed by atoms with Gasteiger partial charge in [0.1, 0.15) is 11.6 Å². The van der Waals surface area contributed by atoms with E-state index in [2.05, 4.69) is 4.98 Å². The van der Waals surface area contributed by atoms with Gasteiger partial charge in [-0.2, -0.15) is 0 Å². The number of likely N-dealkylation sites (tertiary alicyclic amines) is 1. The van der Waals surface area contributed by atoms with E-state index in [0.29, 0.717) is 18.2 Å². The Morgan fingerprint density at radius 3 is 2.67 bits per heavy atom. The maximum absolute atomic E-state index is 13.5. The van der Waals surface area contributed by atoms with E-state index in [9.17, 15) is 18.8 Å². The topological polar surface area (TPSA) is 89.5 Å². The van der Waals surface area contributed by atoms with Crippen molar-refractivity contribution in [3.63, 3.8) is 0 Å². The minimum atomic E-state index is -0.373. The number of Topliss-reactive ketones (excluding diaryl/α,β-unsaturated/α-hetero) is 1. The average molecular weight is 474 g/mol. The molecule has 1 saturated heterocycles. The summed E-state index contributed by atoms with van der Waals surface area (Å²) in [6.07, 6.45) is 3.55. The number of thioether (sulfide) groups is 1. The van der Waals surface area contributed by atoms with Gasteiger partial charge in [-0.25, -0.2) is 14.4 Å². The molecule has 33 heavy (non-hydrogen) atoms. The molecule has 9 heteroatoms. The molecule has 1 aliphatic rings. The van der Waals surface area contributed by atoms with E-state index in [0.717, 1.165) is 29.7 Å². The summed E-state index contributed by atoms with van der Waals surface area (Å²) >= 11 is 1.18. The molecular formula is C24H28FN3O4S. The Bertz CT molecular complexity index is 1020. The number of halogens is 1. The number of benzene rings is 1. The quantitative estimate of drug-likeness (QED) is 0.327. The summed E-state index contributed by atoms with van der Waals surface area (Å²) in [5, 5.41) is 0.439. The summed E-state index contributed by atoms with van der Waals surface area (Å²) in [6, 6.07) is 6.14. The van der Waals surface area contributed by atoms with E-state index in [1.165, 1.54) is 37.9 Å². The molecular weight excluding hydrogens is 445 g/mol. The Morgan fingerprint density at radius 1 is 1.27 bits per heavy atom. The van der Waals surface area contributed by atoms with Crippen LogP contribution in [0.25, 0.3) is 11.1 Å². The highest BCUT2D eigenvalue weighted by atomic mass is 32.2. The van der Waals surface area contributed by atoms with Gasteiger partial charge in [-0.15, -0.1) is 0 Å². The molecule has 3 rings (SSSR count). The highest BCUT2D eigenvalue weighted by Crippen LogP contribution is 2.34. The van der Waals surface area contributed by atoms with Gasteiger partial charge >= 0.3 is 5.97 Å². The van der Waals surface area contributed by atoms with Gasteiger partial charge in [-0.1, -0.05) is 30.8 Å². The van der Waals surface area contributed by atoms with Gasteiger partial charge in [0.2, 0.25) is 5.91 Å². The molecule has 1 aliphatic heterocycles. The minimum absolute atomic E-state index is 0.00826. The number of hydrogen-bond acceptors (Lipinski definition) is 7. The van der Waals surface area contributed by atoms with Gasteiger partial charge in [0.05, 0.1) is 18.6 Å². The van der Waals surface area contributed by atoms with Crippen LogP contribution in [0.4, 0.5) is 4.39 Å². The van der Waals surface area contributed by atoms with Crippen molar-refractivity contribution in [3.8, 4) is 11.1 Å². The van der Waals surface area contributed by atoms with Crippen molar-refractivity contribution < 1.29 is 23.5 Å². The molecule has 0 radical (unpaired) electrons. The summed E-state index contributed by atoms with van der Waals surface area (Å²) in [5.41, 5.74) is 2.32. The third kappa shape index (κ3) is 6.60. The van der Waals surface area contributed by atoms with Crippen LogP contribution in [0.5, 0.6) is 0 Å². The number of nitrogens with zero attached hydrogens (tertiary/aromatic N) is 3. The highest BCUT2D eigenvalue weighted by molar-refractivity contribution is 7.99. The molecule has 0 aliphatic carbocycles. The predicted molar refractivity (Wildman–Crippen MR) is 123 cm³/mol. The van der Waals surface area contributed by atoms with Crippen molar-refractivity contribution in [1.82, 2.24) is 14.9 Å². The fourth-order valence-corrected chi connectivity index (χ4v) is 4.68. The molecule has 2 aromatic rings. The Hall–Kier alpha value is -2.81. The molecule has 0 saturated carbocycles. The van der Waals surface area contributed by atoms with Crippen LogP contribution in [0.3, 0.4) is 0 Å². The lowest BCUT2D eigenvalue weighted by Gasteiger charge is -2.34. The summed E-state index contributed by atoms with van der Waals surface area (Å²) in [5.74, 6) is -1.08. The van der Waals surface area contributed by atoms with Gasteiger partial charge in [0, 0.05) is 43.1 Å². The van der Waals surface area contributed by atoms with Crippen molar-refractivity contribution in [3.05, 3.63) is 42.0 Å². The number of amides is 1. The molecule has 2 heterocycles. The predicted octanol–water partition coefficient (Wildman–Crippen LogP) is 3.87.